The van der Waals surface area contributed by atoms with E-state index >= 15 is 0 Å². The smallest absolute Gasteiger partial charge is 0.119 e. The summed E-state index contributed by atoms with van der Waals surface area (Å²) < 4.78 is 5.14. The third-order valence-corrected chi connectivity index (χ3v) is 3.34. The van der Waals surface area contributed by atoms with E-state index in [0.29, 0.717) is 6.54 Å². The van der Waals surface area contributed by atoms with Crippen LogP contribution in [0, 0.1) is 5.41 Å². The molecule has 0 radical (unpaired) electrons. The Labute approximate surface area is 97.2 Å². The number of nitrogens with two attached hydrogens (primary N) is 1. The Balaban J connectivity index is 2.98. The molecule has 0 spiro atoms. The Kier molecular flexibility index (Phi) is 4.33. The molecule has 0 aliphatic rings. The molecule has 2 atom stereocenters. The maximum absolute atomic E-state index is 10.3. The van der Waals surface area contributed by atoms with Gasteiger partial charge in [-0.25, -0.2) is 0 Å². The van der Waals surface area contributed by atoms with Gasteiger partial charge in [0.1, 0.15) is 5.75 Å². The summed E-state index contributed by atoms with van der Waals surface area (Å²) in [5.74, 6) is 0.757. The fraction of sp³-hybridized carbons (Fsp3) is 0.538. The Hall–Kier alpha value is -1.06. The number of methoxy groups -OCH3 is 1. The molecule has 1 aromatic carbocycles. The number of hydrogen-bond acceptors (Lipinski definition) is 3. The highest BCUT2D eigenvalue weighted by atomic mass is 16.5. The van der Waals surface area contributed by atoms with E-state index in [-0.39, 0.29) is 5.41 Å². The van der Waals surface area contributed by atoms with Crippen molar-refractivity contribution in [3.63, 3.8) is 0 Å². The molecule has 0 saturated heterocycles. The Morgan fingerprint density at radius 2 is 2.19 bits per heavy atom. The lowest BCUT2D eigenvalue weighted by Gasteiger charge is -2.32. The number of ether oxygens (including phenoxy) is 1. The minimum Gasteiger partial charge on any atom is -0.497 e. The summed E-state index contributed by atoms with van der Waals surface area (Å²) >= 11 is 0. The van der Waals surface area contributed by atoms with Gasteiger partial charge in [0, 0.05) is 12.0 Å². The van der Waals surface area contributed by atoms with Crippen molar-refractivity contribution in [1.29, 1.82) is 0 Å². The first kappa shape index (κ1) is 13.0. The molecular formula is C13H21NO2. The van der Waals surface area contributed by atoms with Crippen LogP contribution in [0.5, 0.6) is 5.75 Å². The molecule has 2 unspecified atom stereocenters. The number of rotatable bonds is 5. The van der Waals surface area contributed by atoms with Crippen LogP contribution in [0.3, 0.4) is 0 Å². The fourth-order valence-corrected chi connectivity index (χ4v) is 1.66. The molecule has 90 valence electrons. The molecule has 0 aliphatic heterocycles. The Morgan fingerprint density at radius 1 is 1.50 bits per heavy atom. The van der Waals surface area contributed by atoms with E-state index in [1.54, 1.807) is 7.11 Å². The molecule has 1 rings (SSSR count). The van der Waals surface area contributed by atoms with Crippen molar-refractivity contribution >= 4 is 0 Å². The summed E-state index contributed by atoms with van der Waals surface area (Å²) in [5, 5.41) is 10.3. The molecule has 16 heavy (non-hydrogen) atoms. The van der Waals surface area contributed by atoms with Gasteiger partial charge >= 0.3 is 0 Å². The van der Waals surface area contributed by atoms with Crippen molar-refractivity contribution in [1.82, 2.24) is 0 Å². The van der Waals surface area contributed by atoms with Gasteiger partial charge in [-0.05, 0) is 24.1 Å². The molecule has 0 bridgehead atoms. The van der Waals surface area contributed by atoms with Crippen LogP contribution in [0.4, 0.5) is 0 Å². The van der Waals surface area contributed by atoms with Gasteiger partial charge in [-0.1, -0.05) is 26.0 Å². The van der Waals surface area contributed by atoms with Crippen LogP contribution in [0.25, 0.3) is 0 Å². The highest BCUT2D eigenvalue weighted by Crippen LogP contribution is 2.36. The second-order valence-corrected chi connectivity index (χ2v) is 4.39. The predicted molar refractivity (Wildman–Crippen MR) is 65.4 cm³/mol. The lowest BCUT2D eigenvalue weighted by atomic mass is 9.78. The third-order valence-electron chi connectivity index (χ3n) is 3.34. The number of benzene rings is 1. The molecule has 0 fully saturated rings. The standard InChI is InChI=1S/C13H21NO2/c1-4-13(2,9-14)12(15)10-6-5-7-11(8-10)16-3/h5-8,12,15H,4,9,14H2,1-3H3. The zero-order chi connectivity index (χ0) is 12.2. The largest absolute Gasteiger partial charge is 0.497 e. The highest BCUT2D eigenvalue weighted by Gasteiger charge is 2.31. The van der Waals surface area contributed by atoms with Gasteiger partial charge in [-0.15, -0.1) is 0 Å². The SMILES string of the molecule is CCC(C)(CN)C(O)c1cccc(OC)c1. The first-order valence-electron chi connectivity index (χ1n) is 5.59. The summed E-state index contributed by atoms with van der Waals surface area (Å²) in [7, 11) is 1.62. The van der Waals surface area contributed by atoms with Crippen molar-refractivity contribution in [3.8, 4) is 5.75 Å². The van der Waals surface area contributed by atoms with Gasteiger partial charge in [0.15, 0.2) is 0 Å². The van der Waals surface area contributed by atoms with Crippen LogP contribution in [0.15, 0.2) is 24.3 Å². The van der Waals surface area contributed by atoms with Crippen molar-refractivity contribution in [3.05, 3.63) is 29.8 Å². The molecule has 1 aromatic rings. The van der Waals surface area contributed by atoms with Crippen molar-refractivity contribution < 1.29 is 9.84 Å². The van der Waals surface area contributed by atoms with Crippen molar-refractivity contribution in [2.24, 2.45) is 11.1 Å². The van der Waals surface area contributed by atoms with Crippen LogP contribution >= 0.6 is 0 Å². The van der Waals surface area contributed by atoms with Gasteiger partial charge in [0.25, 0.3) is 0 Å². The zero-order valence-corrected chi connectivity index (χ0v) is 10.2. The normalized spacial score (nSPS) is 16.6. The number of hydrogen-bond donors (Lipinski definition) is 2. The molecule has 3 nitrogen and oxygen atoms in total. The molecule has 3 N–H and O–H groups in total. The predicted octanol–water partition coefficient (Wildman–Crippen LogP) is 2.10. The summed E-state index contributed by atoms with van der Waals surface area (Å²) in [4.78, 5) is 0. The first-order valence-corrected chi connectivity index (χ1v) is 5.59. The maximum atomic E-state index is 10.3. The van der Waals surface area contributed by atoms with E-state index in [4.69, 9.17) is 10.5 Å². The molecule has 0 aromatic heterocycles. The van der Waals surface area contributed by atoms with E-state index in [1.165, 1.54) is 0 Å². The van der Waals surface area contributed by atoms with Crippen LogP contribution in [0.2, 0.25) is 0 Å². The van der Waals surface area contributed by atoms with E-state index in [9.17, 15) is 5.11 Å². The molecule has 0 heterocycles. The summed E-state index contributed by atoms with van der Waals surface area (Å²) in [5.41, 5.74) is 6.31. The van der Waals surface area contributed by atoms with E-state index < -0.39 is 6.10 Å². The first-order chi connectivity index (χ1) is 7.57. The minimum absolute atomic E-state index is 0.285. The highest BCUT2D eigenvalue weighted by molar-refractivity contribution is 5.30. The summed E-state index contributed by atoms with van der Waals surface area (Å²) in [6, 6.07) is 7.50. The fourth-order valence-electron chi connectivity index (χ4n) is 1.66. The Bertz CT molecular complexity index is 334. The topological polar surface area (TPSA) is 55.5 Å². The number of aliphatic hydroxyl groups is 1. The molecular weight excluding hydrogens is 202 g/mol. The summed E-state index contributed by atoms with van der Waals surface area (Å²) in [6.45, 7) is 4.50. The summed E-state index contributed by atoms with van der Waals surface area (Å²) in [6.07, 6.45) is 0.277. The van der Waals surface area contributed by atoms with Gasteiger partial charge in [0.05, 0.1) is 13.2 Å². The average molecular weight is 223 g/mol. The second kappa shape index (κ2) is 5.32. The van der Waals surface area contributed by atoms with E-state index in [1.807, 2.05) is 38.1 Å². The Morgan fingerprint density at radius 3 is 2.69 bits per heavy atom. The molecule has 0 amide bonds. The van der Waals surface area contributed by atoms with E-state index in [0.717, 1.165) is 17.7 Å². The molecule has 0 aliphatic carbocycles. The quantitative estimate of drug-likeness (QED) is 0.803. The van der Waals surface area contributed by atoms with Gasteiger partial charge in [-0.2, -0.15) is 0 Å². The minimum atomic E-state index is -0.558. The average Bonchev–Trinajstić information content (AvgIpc) is 2.37. The van der Waals surface area contributed by atoms with E-state index in [2.05, 4.69) is 0 Å². The van der Waals surface area contributed by atoms with Crippen LogP contribution in [0.1, 0.15) is 31.9 Å². The van der Waals surface area contributed by atoms with Gasteiger partial charge < -0.3 is 15.6 Å². The second-order valence-electron chi connectivity index (χ2n) is 4.39. The molecule has 3 heteroatoms. The molecule has 0 saturated carbocycles. The zero-order valence-electron chi connectivity index (χ0n) is 10.2. The van der Waals surface area contributed by atoms with Crippen molar-refractivity contribution in [2.45, 2.75) is 26.4 Å². The van der Waals surface area contributed by atoms with Crippen LogP contribution in [-0.4, -0.2) is 18.8 Å². The lowest BCUT2D eigenvalue weighted by Crippen LogP contribution is -2.33. The monoisotopic (exact) mass is 223 g/mol. The van der Waals surface area contributed by atoms with Gasteiger partial charge in [-0.3, -0.25) is 0 Å². The van der Waals surface area contributed by atoms with Crippen LogP contribution in [-0.2, 0) is 0 Å². The van der Waals surface area contributed by atoms with Gasteiger partial charge in [0.2, 0.25) is 0 Å². The third kappa shape index (κ3) is 2.54. The van der Waals surface area contributed by atoms with Crippen LogP contribution < -0.4 is 10.5 Å². The maximum Gasteiger partial charge on any atom is 0.119 e. The van der Waals surface area contributed by atoms with Crippen molar-refractivity contribution in [2.75, 3.05) is 13.7 Å². The number of aliphatic hydroxyl groups excluding tert-OH is 1. The lowest BCUT2D eigenvalue weighted by molar-refractivity contribution is 0.0390.